The number of fused-ring (bicyclic) bond motifs is 1. The number of para-hydroxylation sites is 1. The molecule has 0 aliphatic carbocycles. The van der Waals surface area contributed by atoms with Crippen LogP contribution in [0.2, 0.25) is 0 Å². The van der Waals surface area contributed by atoms with Crippen LogP contribution in [-0.2, 0) is 10.2 Å². The van der Waals surface area contributed by atoms with Gasteiger partial charge in [-0.15, -0.1) is 0 Å². The second kappa shape index (κ2) is 7.64. The molecule has 0 saturated heterocycles. The molecule has 1 aliphatic rings. The Kier molecular flexibility index (Phi) is 5.15. The molecular weight excluding hydrogens is 370 g/mol. The van der Waals surface area contributed by atoms with Gasteiger partial charge in [0.25, 0.3) is 5.91 Å². The van der Waals surface area contributed by atoms with Gasteiger partial charge in [-0.05, 0) is 56.5 Å². The molecule has 3 aromatic rings. The van der Waals surface area contributed by atoms with Gasteiger partial charge in [-0.2, -0.15) is 0 Å². The minimum absolute atomic E-state index is 0.0167. The van der Waals surface area contributed by atoms with Gasteiger partial charge in [0, 0.05) is 16.6 Å². The number of nitrogens with zero attached hydrogens (tertiary/aromatic N) is 1. The lowest BCUT2D eigenvalue weighted by Crippen LogP contribution is -2.57. The highest BCUT2D eigenvalue weighted by molar-refractivity contribution is 5.97. The first kappa shape index (κ1) is 20.2. The quantitative estimate of drug-likeness (QED) is 0.547. The predicted molar refractivity (Wildman–Crippen MR) is 122 cm³/mol. The Morgan fingerprint density at radius 3 is 2.23 bits per heavy atom. The molecule has 3 heteroatoms. The third kappa shape index (κ3) is 3.60. The molecule has 1 aliphatic heterocycles. The van der Waals surface area contributed by atoms with Crippen LogP contribution in [0.25, 0.3) is 0 Å². The van der Waals surface area contributed by atoms with Crippen LogP contribution in [0.3, 0.4) is 0 Å². The number of carbonyl (C=O) groups excluding carboxylic acids is 1. The molecule has 3 nitrogen and oxygen atoms in total. The smallest absolute Gasteiger partial charge is 0.265 e. The molecule has 30 heavy (non-hydrogen) atoms. The van der Waals surface area contributed by atoms with Crippen molar-refractivity contribution < 1.29 is 9.53 Å². The van der Waals surface area contributed by atoms with Crippen molar-refractivity contribution in [3.63, 3.8) is 0 Å². The maximum atomic E-state index is 13.4. The molecule has 0 bridgehead atoms. The maximum Gasteiger partial charge on any atom is 0.265 e. The van der Waals surface area contributed by atoms with Crippen molar-refractivity contribution in [3.05, 3.63) is 95.6 Å². The molecule has 4 rings (SSSR count). The van der Waals surface area contributed by atoms with E-state index in [1.807, 2.05) is 35.2 Å². The first-order chi connectivity index (χ1) is 14.3. The van der Waals surface area contributed by atoms with Gasteiger partial charge in [0.1, 0.15) is 5.75 Å². The molecule has 0 unspecified atom stereocenters. The van der Waals surface area contributed by atoms with Crippen LogP contribution in [0.5, 0.6) is 5.75 Å². The van der Waals surface area contributed by atoms with Crippen molar-refractivity contribution in [2.45, 2.75) is 45.1 Å². The highest BCUT2D eigenvalue weighted by Crippen LogP contribution is 2.50. The number of ether oxygens (including phenoxy) is 1. The summed E-state index contributed by atoms with van der Waals surface area (Å²) in [5.41, 5.74) is 4.11. The van der Waals surface area contributed by atoms with Crippen molar-refractivity contribution in [3.8, 4) is 5.75 Å². The van der Waals surface area contributed by atoms with Crippen molar-refractivity contribution in [1.82, 2.24) is 0 Å². The average Bonchev–Trinajstić information content (AvgIpc) is 2.73. The highest BCUT2D eigenvalue weighted by Gasteiger charge is 2.47. The van der Waals surface area contributed by atoms with Gasteiger partial charge in [-0.1, -0.05) is 73.2 Å². The third-order valence-corrected chi connectivity index (χ3v) is 6.14. The second-order valence-corrected chi connectivity index (χ2v) is 9.04. The Labute approximate surface area is 179 Å². The fraction of sp³-hybridized carbons (Fsp3) is 0.296. The van der Waals surface area contributed by atoms with E-state index in [9.17, 15) is 4.79 Å². The summed E-state index contributed by atoms with van der Waals surface area (Å²) >= 11 is 0. The van der Waals surface area contributed by atoms with E-state index in [2.05, 4.69) is 76.2 Å². The monoisotopic (exact) mass is 399 g/mol. The van der Waals surface area contributed by atoms with Gasteiger partial charge < -0.3 is 9.64 Å². The zero-order valence-corrected chi connectivity index (χ0v) is 18.2. The third-order valence-electron chi connectivity index (χ3n) is 6.14. The van der Waals surface area contributed by atoms with E-state index in [1.54, 1.807) is 0 Å². The van der Waals surface area contributed by atoms with Gasteiger partial charge in [0.2, 0.25) is 0 Å². The summed E-state index contributed by atoms with van der Waals surface area (Å²) in [6.45, 7) is 8.72. The summed E-state index contributed by atoms with van der Waals surface area (Å²) in [6, 6.07) is 26.5. The maximum absolute atomic E-state index is 13.4. The lowest BCUT2D eigenvalue weighted by molar-refractivity contribution is -0.121. The molecule has 0 fully saturated rings. The van der Waals surface area contributed by atoms with Crippen LogP contribution in [-0.4, -0.2) is 18.1 Å². The summed E-state index contributed by atoms with van der Waals surface area (Å²) in [6.07, 6.45) is 0.831. The van der Waals surface area contributed by atoms with Gasteiger partial charge in [0.15, 0.2) is 6.61 Å². The number of amides is 1. The van der Waals surface area contributed by atoms with E-state index in [0.717, 1.165) is 12.1 Å². The van der Waals surface area contributed by atoms with Gasteiger partial charge >= 0.3 is 0 Å². The second-order valence-electron chi connectivity index (χ2n) is 9.04. The van der Waals surface area contributed by atoms with E-state index in [4.69, 9.17) is 4.74 Å². The first-order valence-electron chi connectivity index (χ1n) is 10.5. The minimum Gasteiger partial charge on any atom is -0.484 e. The lowest BCUT2D eigenvalue weighted by atomic mass is 9.65. The molecule has 0 spiro atoms. The van der Waals surface area contributed by atoms with E-state index in [0.29, 0.717) is 5.75 Å². The van der Waals surface area contributed by atoms with Gasteiger partial charge in [0.05, 0.1) is 0 Å². The average molecular weight is 400 g/mol. The molecule has 0 radical (unpaired) electrons. The highest BCUT2D eigenvalue weighted by atomic mass is 16.5. The van der Waals surface area contributed by atoms with Gasteiger partial charge in [-0.3, -0.25) is 4.79 Å². The SMILES string of the molecule is Cc1ccc2c(c1)[C@](C)(c1ccccc1)CC(C)(C)N2C(=O)COc1ccccc1. The fourth-order valence-corrected chi connectivity index (χ4v) is 4.91. The number of anilines is 1. The van der Waals surface area contributed by atoms with Crippen LogP contribution in [0.15, 0.2) is 78.9 Å². The molecule has 0 N–H and O–H groups in total. The number of hydrogen-bond donors (Lipinski definition) is 0. The molecular formula is C27H29NO2. The first-order valence-corrected chi connectivity index (χ1v) is 10.5. The van der Waals surface area contributed by atoms with Crippen LogP contribution in [0.1, 0.15) is 43.9 Å². The Bertz CT molecular complexity index is 1040. The summed E-state index contributed by atoms with van der Waals surface area (Å²) in [5, 5.41) is 0. The van der Waals surface area contributed by atoms with Crippen molar-refractivity contribution >= 4 is 11.6 Å². The molecule has 0 saturated carbocycles. The summed E-state index contributed by atoms with van der Waals surface area (Å²) in [4.78, 5) is 15.3. The normalized spacial score (nSPS) is 19.8. The number of aryl methyl sites for hydroxylation is 1. The Morgan fingerprint density at radius 2 is 1.57 bits per heavy atom. The van der Waals surface area contributed by atoms with E-state index >= 15 is 0 Å². The van der Waals surface area contributed by atoms with Crippen molar-refractivity contribution in [2.24, 2.45) is 0 Å². The van der Waals surface area contributed by atoms with Crippen molar-refractivity contribution in [2.75, 3.05) is 11.5 Å². The number of rotatable bonds is 4. The van der Waals surface area contributed by atoms with Crippen LogP contribution < -0.4 is 9.64 Å². The minimum atomic E-state index is -0.357. The Balaban J connectivity index is 1.75. The van der Waals surface area contributed by atoms with Crippen LogP contribution in [0.4, 0.5) is 5.69 Å². The fourth-order valence-electron chi connectivity index (χ4n) is 4.91. The molecule has 1 amide bonds. The van der Waals surface area contributed by atoms with Crippen LogP contribution >= 0.6 is 0 Å². The standard InChI is InChI=1S/C27H29NO2/c1-20-15-16-24-23(17-20)27(4,21-11-7-5-8-12-21)19-26(2,3)28(24)25(29)18-30-22-13-9-6-10-14-22/h5-17H,18-19H2,1-4H3/t27-/m0/s1. The predicted octanol–water partition coefficient (Wildman–Crippen LogP) is 5.90. The number of hydrogen-bond acceptors (Lipinski definition) is 2. The molecule has 1 heterocycles. The molecule has 0 aromatic heterocycles. The summed E-state index contributed by atoms with van der Waals surface area (Å²) in [7, 11) is 0. The zero-order valence-electron chi connectivity index (χ0n) is 18.2. The molecule has 1 atom stereocenters. The van der Waals surface area contributed by atoms with Crippen molar-refractivity contribution in [1.29, 1.82) is 0 Å². The van der Waals surface area contributed by atoms with Crippen LogP contribution in [0, 0.1) is 6.92 Å². The largest absolute Gasteiger partial charge is 0.484 e. The van der Waals surface area contributed by atoms with E-state index < -0.39 is 0 Å². The van der Waals surface area contributed by atoms with E-state index in [-0.39, 0.29) is 23.5 Å². The molecule has 154 valence electrons. The summed E-state index contributed by atoms with van der Waals surface area (Å²) in [5.74, 6) is 0.683. The zero-order chi connectivity index (χ0) is 21.4. The Hall–Kier alpha value is -3.07. The lowest BCUT2D eigenvalue weighted by Gasteiger charge is -2.51. The summed E-state index contributed by atoms with van der Waals surface area (Å²) < 4.78 is 5.80. The number of carbonyl (C=O) groups is 1. The number of benzene rings is 3. The molecule has 3 aromatic carbocycles. The van der Waals surface area contributed by atoms with Gasteiger partial charge in [-0.25, -0.2) is 0 Å². The topological polar surface area (TPSA) is 29.5 Å². The Morgan fingerprint density at radius 1 is 0.933 bits per heavy atom. The van der Waals surface area contributed by atoms with E-state index in [1.165, 1.54) is 16.7 Å².